The molecule has 0 fully saturated rings. The molecule has 0 bridgehead atoms. The molecule has 3 nitrogen and oxygen atoms in total. The Labute approximate surface area is 119 Å². The van der Waals surface area contributed by atoms with E-state index in [1.54, 1.807) is 6.20 Å². The van der Waals surface area contributed by atoms with Gasteiger partial charge in [-0.15, -0.1) is 0 Å². The van der Waals surface area contributed by atoms with Gasteiger partial charge in [0.25, 0.3) is 0 Å². The fourth-order valence-corrected chi connectivity index (χ4v) is 2.89. The van der Waals surface area contributed by atoms with E-state index in [9.17, 15) is 0 Å². The lowest BCUT2D eigenvalue weighted by molar-refractivity contribution is 0.756. The first-order valence-electron chi connectivity index (χ1n) is 5.74. The monoisotopic (exact) mass is 323 g/mol. The fourth-order valence-electron chi connectivity index (χ4n) is 2.32. The molecule has 0 spiro atoms. The predicted octanol–water partition coefficient (Wildman–Crippen LogP) is 3.99. The van der Waals surface area contributed by atoms with Crippen LogP contribution >= 0.6 is 27.5 Å². The fraction of sp³-hybridized carbons (Fsp3) is 0.231. The molecule has 0 aliphatic heterocycles. The summed E-state index contributed by atoms with van der Waals surface area (Å²) >= 11 is 9.56. The van der Waals surface area contributed by atoms with Crippen molar-refractivity contribution in [2.45, 2.75) is 18.9 Å². The number of fused-ring (bicyclic) bond motifs is 1. The van der Waals surface area contributed by atoms with Crippen molar-refractivity contribution < 1.29 is 0 Å². The predicted molar refractivity (Wildman–Crippen MR) is 75.9 cm³/mol. The van der Waals surface area contributed by atoms with Crippen molar-refractivity contribution in [3.05, 3.63) is 51.3 Å². The third kappa shape index (κ3) is 2.22. The summed E-state index contributed by atoms with van der Waals surface area (Å²) in [4.78, 5) is 8.05. The molecule has 18 heavy (non-hydrogen) atoms. The summed E-state index contributed by atoms with van der Waals surface area (Å²) in [5, 5.41) is 3.94. The van der Waals surface area contributed by atoms with Gasteiger partial charge in [0.1, 0.15) is 17.2 Å². The van der Waals surface area contributed by atoms with E-state index < -0.39 is 0 Å². The topological polar surface area (TPSA) is 37.8 Å². The molecule has 1 aliphatic carbocycles. The molecule has 92 valence electrons. The smallest absolute Gasteiger partial charge is 0.148 e. The average molecular weight is 325 g/mol. The van der Waals surface area contributed by atoms with E-state index in [1.165, 1.54) is 17.5 Å². The van der Waals surface area contributed by atoms with Crippen LogP contribution in [-0.2, 0) is 6.42 Å². The summed E-state index contributed by atoms with van der Waals surface area (Å²) < 4.78 is 1.13. The molecule has 1 aromatic heterocycles. The molecule has 1 aromatic carbocycles. The second-order valence-electron chi connectivity index (χ2n) is 4.30. The molecule has 0 saturated heterocycles. The molecule has 5 heteroatoms. The summed E-state index contributed by atoms with van der Waals surface area (Å²) in [6.45, 7) is 0. The highest BCUT2D eigenvalue weighted by molar-refractivity contribution is 9.10. The van der Waals surface area contributed by atoms with Gasteiger partial charge in [0, 0.05) is 4.47 Å². The van der Waals surface area contributed by atoms with Gasteiger partial charge in [-0.1, -0.05) is 33.6 Å². The maximum atomic E-state index is 6.06. The molecule has 1 aliphatic rings. The number of halogens is 2. The van der Waals surface area contributed by atoms with E-state index in [2.05, 4.69) is 49.4 Å². The SMILES string of the molecule is Clc1cncnc1NC1CCc2cc(Br)ccc21. The molecule has 1 atom stereocenters. The minimum absolute atomic E-state index is 0.278. The van der Waals surface area contributed by atoms with E-state index in [0.717, 1.165) is 17.3 Å². The number of aryl methyl sites for hydroxylation is 1. The van der Waals surface area contributed by atoms with Crippen LogP contribution in [0, 0.1) is 0 Å². The average Bonchev–Trinajstić information content (AvgIpc) is 2.74. The number of rotatable bonds is 2. The van der Waals surface area contributed by atoms with Crippen LogP contribution in [0.4, 0.5) is 5.82 Å². The lowest BCUT2D eigenvalue weighted by Crippen LogP contribution is -2.08. The van der Waals surface area contributed by atoms with Crippen molar-refractivity contribution in [1.29, 1.82) is 0 Å². The summed E-state index contributed by atoms with van der Waals surface area (Å²) in [5.74, 6) is 0.701. The molecular weight excluding hydrogens is 314 g/mol. The number of aromatic nitrogens is 2. The van der Waals surface area contributed by atoms with E-state index in [4.69, 9.17) is 11.6 Å². The molecule has 2 aromatic rings. The van der Waals surface area contributed by atoms with Crippen LogP contribution in [0.5, 0.6) is 0 Å². The van der Waals surface area contributed by atoms with Crippen molar-refractivity contribution >= 4 is 33.3 Å². The zero-order chi connectivity index (χ0) is 12.5. The second-order valence-corrected chi connectivity index (χ2v) is 5.62. The second kappa shape index (κ2) is 4.86. The van der Waals surface area contributed by atoms with Gasteiger partial charge >= 0.3 is 0 Å². The third-order valence-electron chi connectivity index (χ3n) is 3.16. The van der Waals surface area contributed by atoms with E-state index >= 15 is 0 Å². The van der Waals surface area contributed by atoms with Crippen LogP contribution in [0.1, 0.15) is 23.6 Å². The number of hydrogen-bond acceptors (Lipinski definition) is 3. The van der Waals surface area contributed by atoms with Crippen molar-refractivity contribution in [3.8, 4) is 0 Å². The van der Waals surface area contributed by atoms with E-state index in [0.29, 0.717) is 10.8 Å². The summed E-state index contributed by atoms with van der Waals surface area (Å²) in [6, 6.07) is 6.68. The third-order valence-corrected chi connectivity index (χ3v) is 3.93. The summed E-state index contributed by atoms with van der Waals surface area (Å²) in [6.07, 6.45) is 5.25. The lowest BCUT2D eigenvalue weighted by Gasteiger charge is -2.15. The number of hydrogen-bond donors (Lipinski definition) is 1. The molecule has 0 radical (unpaired) electrons. The highest BCUT2D eigenvalue weighted by Crippen LogP contribution is 2.35. The van der Waals surface area contributed by atoms with Crippen LogP contribution < -0.4 is 5.32 Å². The first-order valence-corrected chi connectivity index (χ1v) is 6.91. The molecule has 0 saturated carbocycles. The van der Waals surface area contributed by atoms with Gasteiger partial charge in [0.05, 0.1) is 12.2 Å². The quantitative estimate of drug-likeness (QED) is 0.907. The number of nitrogens with one attached hydrogen (secondary N) is 1. The van der Waals surface area contributed by atoms with Crippen LogP contribution in [-0.4, -0.2) is 9.97 Å². The molecule has 1 heterocycles. The molecular formula is C13H11BrClN3. The van der Waals surface area contributed by atoms with Gasteiger partial charge in [0.2, 0.25) is 0 Å². The van der Waals surface area contributed by atoms with E-state index in [1.807, 2.05) is 0 Å². The minimum atomic E-state index is 0.278. The molecule has 3 rings (SSSR count). The Morgan fingerprint density at radius 3 is 3.11 bits per heavy atom. The van der Waals surface area contributed by atoms with Gasteiger partial charge in [-0.25, -0.2) is 9.97 Å². The van der Waals surface area contributed by atoms with Gasteiger partial charge in [-0.2, -0.15) is 0 Å². The Morgan fingerprint density at radius 2 is 2.28 bits per heavy atom. The molecule has 1 N–H and O–H groups in total. The Morgan fingerprint density at radius 1 is 1.39 bits per heavy atom. The first kappa shape index (κ1) is 11.9. The van der Waals surface area contributed by atoms with Crippen molar-refractivity contribution in [3.63, 3.8) is 0 Å². The van der Waals surface area contributed by atoms with Gasteiger partial charge < -0.3 is 5.32 Å². The van der Waals surface area contributed by atoms with Crippen LogP contribution in [0.3, 0.4) is 0 Å². The largest absolute Gasteiger partial charge is 0.362 e. The maximum Gasteiger partial charge on any atom is 0.148 e. The number of anilines is 1. The Balaban J connectivity index is 1.87. The van der Waals surface area contributed by atoms with Crippen LogP contribution in [0.2, 0.25) is 5.02 Å². The van der Waals surface area contributed by atoms with E-state index in [-0.39, 0.29) is 6.04 Å². The van der Waals surface area contributed by atoms with Gasteiger partial charge in [-0.3, -0.25) is 0 Å². The van der Waals surface area contributed by atoms with Crippen LogP contribution in [0.15, 0.2) is 35.2 Å². The zero-order valence-corrected chi connectivity index (χ0v) is 11.9. The zero-order valence-electron chi connectivity index (χ0n) is 9.53. The van der Waals surface area contributed by atoms with Crippen molar-refractivity contribution in [1.82, 2.24) is 9.97 Å². The summed E-state index contributed by atoms with van der Waals surface area (Å²) in [5.41, 5.74) is 2.71. The first-order chi connectivity index (χ1) is 8.74. The Bertz CT molecular complexity index is 588. The highest BCUT2D eigenvalue weighted by atomic mass is 79.9. The van der Waals surface area contributed by atoms with Gasteiger partial charge in [0.15, 0.2) is 0 Å². The summed E-state index contributed by atoms with van der Waals surface area (Å²) in [7, 11) is 0. The Hall–Kier alpha value is -1.13. The molecule has 0 amide bonds. The number of nitrogens with zero attached hydrogens (tertiary/aromatic N) is 2. The minimum Gasteiger partial charge on any atom is -0.362 e. The van der Waals surface area contributed by atoms with Crippen molar-refractivity contribution in [2.75, 3.05) is 5.32 Å². The standard InChI is InChI=1S/C13H11BrClN3/c14-9-2-3-10-8(5-9)1-4-12(10)18-13-11(15)6-16-7-17-13/h2-3,5-7,12H,1,4H2,(H,16,17,18). The Kier molecular flexibility index (Phi) is 3.22. The highest BCUT2D eigenvalue weighted by Gasteiger charge is 2.23. The van der Waals surface area contributed by atoms with Gasteiger partial charge in [-0.05, 0) is 36.1 Å². The normalized spacial score (nSPS) is 17.6. The van der Waals surface area contributed by atoms with Crippen LogP contribution in [0.25, 0.3) is 0 Å². The lowest BCUT2D eigenvalue weighted by atomic mass is 10.1. The number of benzene rings is 1. The molecule has 1 unspecified atom stereocenters. The van der Waals surface area contributed by atoms with Crippen molar-refractivity contribution in [2.24, 2.45) is 0 Å². The maximum absolute atomic E-state index is 6.06.